The van der Waals surface area contributed by atoms with E-state index in [1.165, 1.54) is 11.1 Å². The summed E-state index contributed by atoms with van der Waals surface area (Å²) in [7, 11) is 0. The number of benzene rings is 3. The van der Waals surface area contributed by atoms with Crippen LogP contribution in [0.1, 0.15) is 29.7 Å². The topological polar surface area (TPSA) is 23.5 Å². The van der Waals surface area contributed by atoms with Crippen LogP contribution in [0.5, 0.6) is 0 Å². The Kier molecular flexibility index (Phi) is 7.86. The van der Waals surface area contributed by atoms with Gasteiger partial charge in [0, 0.05) is 19.1 Å². The Morgan fingerprint density at radius 3 is 1.50 bits per heavy atom. The highest BCUT2D eigenvalue weighted by Crippen LogP contribution is 2.24. The summed E-state index contributed by atoms with van der Waals surface area (Å²) in [6, 6.07) is 30.8. The second-order valence-corrected chi connectivity index (χ2v) is 6.47. The molecule has 3 aromatic carbocycles. The second kappa shape index (κ2) is 10.1. The maximum absolute atomic E-state index is 10.9. The van der Waals surface area contributed by atoms with Gasteiger partial charge in [-0.2, -0.15) is 0 Å². The highest BCUT2D eigenvalue weighted by Gasteiger charge is 2.23. The molecule has 0 aliphatic heterocycles. The van der Waals surface area contributed by atoms with Gasteiger partial charge in [-0.25, -0.2) is 0 Å². The molecule has 0 radical (unpaired) electrons. The molecule has 0 saturated heterocycles. The minimum Gasteiger partial charge on any atom is -0.387 e. The third kappa shape index (κ3) is 5.43. The number of nitrogens with zero attached hydrogens (tertiary/aromatic N) is 1. The van der Waals surface area contributed by atoms with Crippen molar-refractivity contribution in [2.75, 3.05) is 0 Å². The zero-order chi connectivity index (χ0) is 17.5. The molecule has 0 bridgehead atoms. The van der Waals surface area contributed by atoms with Crippen LogP contribution in [0.4, 0.5) is 0 Å². The van der Waals surface area contributed by atoms with Crippen molar-refractivity contribution < 1.29 is 5.11 Å². The molecular weight excluding hydrogens is 342 g/mol. The lowest BCUT2D eigenvalue weighted by atomic mass is 10.0. The second-order valence-electron chi connectivity index (χ2n) is 6.47. The van der Waals surface area contributed by atoms with Gasteiger partial charge < -0.3 is 5.11 Å². The highest BCUT2D eigenvalue weighted by atomic mass is 35.5. The summed E-state index contributed by atoms with van der Waals surface area (Å²) in [4.78, 5) is 2.34. The first kappa shape index (κ1) is 20.2. The van der Waals surface area contributed by atoms with Crippen molar-refractivity contribution >= 4 is 12.4 Å². The molecule has 2 nitrogen and oxygen atoms in total. The minimum atomic E-state index is -0.520. The fourth-order valence-corrected chi connectivity index (χ4v) is 3.11. The Morgan fingerprint density at radius 1 is 0.692 bits per heavy atom. The molecule has 0 amide bonds. The van der Waals surface area contributed by atoms with Gasteiger partial charge in [-0.05, 0) is 23.6 Å². The van der Waals surface area contributed by atoms with Crippen LogP contribution in [0.25, 0.3) is 0 Å². The van der Waals surface area contributed by atoms with Gasteiger partial charge in [0.25, 0.3) is 0 Å². The Morgan fingerprint density at radius 2 is 1.08 bits per heavy atom. The van der Waals surface area contributed by atoms with E-state index in [9.17, 15) is 5.11 Å². The fourth-order valence-electron chi connectivity index (χ4n) is 3.11. The van der Waals surface area contributed by atoms with Gasteiger partial charge in [-0.15, -0.1) is 12.4 Å². The van der Waals surface area contributed by atoms with Crippen LogP contribution in [0, 0.1) is 0 Å². The molecule has 0 aliphatic rings. The molecular formula is C23H26ClNO. The van der Waals surface area contributed by atoms with Crippen LogP contribution in [-0.4, -0.2) is 16.0 Å². The van der Waals surface area contributed by atoms with Crippen molar-refractivity contribution in [2.45, 2.75) is 32.2 Å². The number of hydrogen-bond donors (Lipinski definition) is 1. The molecule has 3 aromatic rings. The monoisotopic (exact) mass is 367 g/mol. The molecule has 2 unspecified atom stereocenters. The van der Waals surface area contributed by atoms with Crippen molar-refractivity contribution in [3.63, 3.8) is 0 Å². The van der Waals surface area contributed by atoms with E-state index in [1.807, 2.05) is 42.5 Å². The molecule has 0 saturated carbocycles. The first-order valence-corrected chi connectivity index (χ1v) is 8.79. The lowest BCUT2D eigenvalue weighted by Crippen LogP contribution is -2.36. The van der Waals surface area contributed by atoms with Crippen LogP contribution in [0.2, 0.25) is 0 Å². The smallest absolute Gasteiger partial charge is 0.0942 e. The molecule has 0 aliphatic carbocycles. The average molecular weight is 368 g/mol. The lowest BCUT2D eigenvalue weighted by molar-refractivity contribution is 0.0484. The van der Waals surface area contributed by atoms with E-state index in [2.05, 4.69) is 60.4 Å². The van der Waals surface area contributed by atoms with E-state index in [0.29, 0.717) is 0 Å². The van der Waals surface area contributed by atoms with Crippen molar-refractivity contribution in [3.8, 4) is 0 Å². The van der Waals surface area contributed by atoms with Crippen LogP contribution in [-0.2, 0) is 13.1 Å². The van der Waals surface area contributed by atoms with Crippen molar-refractivity contribution in [2.24, 2.45) is 0 Å². The van der Waals surface area contributed by atoms with E-state index in [0.717, 1.165) is 18.7 Å². The van der Waals surface area contributed by atoms with Gasteiger partial charge in [-0.3, -0.25) is 4.90 Å². The van der Waals surface area contributed by atoms with Crippen molar-refractivity contribution in [3.05, 3.63) is 108 Å². The predicted octanol–water partition coefficient (Wildman–Crippen LogP) is 5.23. The molecule has 0 spiro atoms. The molecule has 1 N–H and O–H groups in total. The van der Waals surface area contributed by atoms with Crippen molar-refractivity contribution in [1.82, 2.24) is 4.90 Å². The van der Waals surface area contributed by atoms with E-state index in [-0.39, 0.29) is 18.4 Å². The van der Waals surface area contributed by atoms with Gasteiger partial charge in [0.2, 0.25) is 0 Å². The van der Waals surface area contributed by atoms with E-state index in [4.69, 9.17) is 0 Å². The van der Waals surface area contributed by atoms with Crippen LogP contribution in [0.15, 0.2) is 91.0 Å². The van der Waals surface area contributed by atoms with Gasteiger partial charge in [-0.1, -0.05) is 91.0 Å². The largest absolute Gasteiger partial charge is 0.387 e. The van der Waals surface area contributed by atoms with E-state index >= 15 is 0 Å². The number of halogens is 1. The maximum atomic E-state index is 10.9. The highest BCUT2D eigenvalue weighted by molar-refractivity contribution is 5.85. The van der Waals surface area contributed by atoms with Gasteiger partial charge in [0.05, 0.1) is 6.10 Å². The van der Waals surface area contributed by atoms with E-state index in [1.54, 1.807) is 0 Å². The molecule has 0 heterocycles. The molecule has 0 aromatic heterocycles. The van der Waals surface area contributed by atoms with Gasteiger partial charge >= 0.3 is 0 Å². The summed E-state index contributed by atoms with van der Waals surface area (Å²) in [6.45, 7) is 3.71. The maximum Gasteiger partial charge on any atom is 0.0942 e. The quantitative estimate of drug-likeness (QED) is 0.617. The number of aliphatic hydroxyl groups excluding tert-OH is 1. The predicted molar refractivity (Wildman–Crippen MR) is 110 cm³/mol. The lowest BCUT2D eigenvalue weighted by Gasteiger charge is -2.33. The normalized spacial score (nSPS) is 13.0. The molecule has 3 heteroatoms. The summed E-state index contributed by atoms with van der Waals surface area (Å²) < 4.78 is 0. The number of aliphatic hydroxyl groups is 1. The Bertz CT molecular complexity index is 707. The summed E-state index contributed by atoms with van der Waals surface area (Å²) in [5.74, 6) is 0. The Labute approximate surface area is 162 Å². The number of rotatable bonds is 7. The Balaban J connectivity index is 0.00000243. The third-order valence-electron chi connectivity index (χ3n) is 4.63. The molecule has 0 fully saturated rings. The standard InChI is InChI=1S/C23H25NO.ClH/c1-19(23(25)22-15-9-4-10-16-22)24(17-20-11-5-2-6-12-20)18-21-13-7-3-8-14-21;/h2-16,19,23,25H,17-18H2,1H3;1H. The zero-order valence-corrected chi connectivity index (χ0v) is 15.8. The molecule has 3 rings (SSSR count). The molecule has 26 heavy (non-hydrogen) atoms. The van der Waals surface area contributed by atoms with Crippen LogP contribution in [0.3, 0.4) is 0 Å². The average Bonchev–Trinajstić information content (AvgIpc) is 2.68. The van der Waals surface area contributed by atoms with Gasteiger partial charge in [0.1, 0.15) is 0 Å². The third-order valence-corrected chi connectivity index (χ3v) is 4.63. The molecule has 136 valence electrons. The first-order chi connectivity index (χ1) is 12.2. The van der Waals surface area contributed by atoms with E-state index < -0.39 is 6.10 Å². The SMILES string of the molecule is CC(C(O)c1ccccc1)N(Cc1ccccc1)Cc1ccccc1.Cl. The first-order valence-electron chi connectivity index (χ1n) is 8.79. The summed E-state index contributed by atoms with van der Waals surface area (Å²) in [5, 5.41) is 10.9. The minimum absolute atomic E-state index is 0. The molecule has 2 atom stereocenters. The number of hydrogen-bond acceptors (Lipinski definition) is 2. The fraction of sp³-hybridized carbons (Fsp3) is 0.217. The van der Waals surface area contributed by atoms with Crippen molar-refractivity contribution in [1.29, 1.82) is 0 Å². The van der Waals surface area contributed by atoms with Crippen LogP contribution >= 0.6 is 12.4 Å². The Hall–Kier alpha value is -2.13. The summed E-state index contributed by atoms with van der Waals surface area (Å²) in [6.07, 6.45) is -0.520. The summed E-state index contributed by atoms with van der Waals surface area (Å²) in [5.41, 5.74) is 3.47. The van der Waals surface area contributed by atoms with Gasteiger partial charge in [0.15, 0.2) is 0 Å². The zero-order valence-electron chi connectivity index (χ0n) is 15.0. The van der Waals surface area contributed by atoms with Crippen LogP contribution < -0.4 is 0 Å². The summed E-state index contributed by atoms with van der Waals surface area (Å²) >= 11 is 0.